The van der Waals surface area contributed by atoms with Crippen LogP contribution in [0.4, 0.5) is 5.69 Å². The van der Waals surface area contributed by atoms with Crippen LogP contribution in [-0.2, 0) is 17.8 Å². The van der Waals surface area contributed by atoms with Crippen molar-refractivity contribution >= 4 is 23.2 Å². The van der Waals surface area contributed by atoms with E-state index in [0.29, 0.717) is 23.7 Å². The second kappa shape index (κ2) is 6.25. The Labute approximate surface area is 117 Å². The molecular weight excluding hydrogens is 260 g/mol. The van der Waals surface area contributed by atoms with Gasteiger partial charge in [-0.25, -0.2) is 0 Å². The maximum Gasteiger partial charge on any atom is 0.224 e. The lowest BCUT2D eigenvalue weighted by molar-refractivity contribution is -0.120. The number of benzene rings is 2. The Bertz CT molecular complexity index is 567. The third-order valence-electron chi connectivity index (χ3n) is 2.81. The minimum Gasteiger partial charge on any atom is -0.398 e. The topological polar surface area (TPSA) is 55.1 Å². The number of nitrogens with two attached hydrogens (primary N) is 1. The SMILES string of the molecule is Nc1ccccc1CC(=O)NCc1ccc(Cl)cc1. The van der Waals surface area contributed by atoms with Gasteiger partial charge >= 0.3 is 0 Å². The highest BCUT2D eigenvalue weighted by Gasteiger charge is 2.05. The number of carbonyl (C=O) groups is 1. The lowest BCUT2D eigenvalue weighted by Crippen LogP contribution is -2.24. The molecule has 4 heteroatoms. The summed E-state index contributed by atoms with van der Waals surface area (Å²) in [6.07, 6.45) is 0.292. The Morgan fingerprint density at radius 2 is 1.79 bits per heavy atom. The zero-order valence-corrected chi connectivity index (χ0v) is 11.2. The molecule has 0 aromatic heterocycles. The Morgan fingerprint density at radius 1 is 1.11 bits per heavy atom. The molecule has 0 atom stereocenters. The van der Waals surface area contributed by atoms with Crippen molar-refractivity contribution in [2.75, 3.05) is 5.73 Å². The largest absolute Gasteiger partial charge is 0.398 e. The van der Waals surface area contributed by atoms with Crippen LogP contribution >= 0.6 is 11.6 Å². The van der Waals surface area contributed by atoms with Gasteiger partial charge in [0.05, 0.1) is 6.42 Å². The minimum atomic E-state index is -0.0483. The van der Waals surface area contributed by atoms with E-state index in [2.05, 4.69) is 5.32 Å². The minimum absolute atomic E-state index is 0.0483. The second-order valence-electron chi connectivity index (χ2n) is 4.28. The number of nitrogen functional groups attached to an aromatic ring is 1. The molecule has 0 unspecified atom stereocenters. The molecule has 98 valence electrons. The van der Waals surface area contributed by atoms with Gasteiger partial charge in [-0.05, 0) is 29.3 Å². The summed E-state index contributed by atoms with van der Waals surface area (Å²) in [7, 11) is 0. The maximum atomic E-state index is 11.8. The molecule has 1 amide bonds. The zero-order chi connectivity index (χ0) is 13.7. The van der Waals surface area contributed by atoms with Gasteiger partial charge in [0.25, 0.3) is 0 Å². The van der Waals surface area contributed by atoms with Gasteiger partial charge in [0, 0.05) is 17.3 Å². The lowest BCUT2D eigenvalue weighted by atomic mass is 10.1. The second-order valence-corrected chi connectivity index (χ2v) is 4.72. The van der Waals surface area contributed by atoms with Crippen molar-refractivity contribution in [3.8, 4) is 0 Å². The molecule has 0 fully saturated rings. The summed E-state index contributed by atoms with van der Waals surface area (Å²) in [4.78, 5) is 11.8. The molecule has 0 saturated carbocycles. The molecule has 0 saturated heterocycles. The molecule has 19 heavy (non-hydrogen) atoms. The van der Waals surface area contributed by atoms with E-state index in [4.69, 9.17) is 17.3 Å². The van der Waals surface area contributed by atoms with Gasteiger partial charge in [0.15, 0.2) is 0 Å². The summed E-state index contributed by atoms with van der Waals surface area (Å²) >= 11 is 5.80. The Kier molecular flexibility index (Phi) is 4.42. The highest BCUT2D eigenvalue weighted by Crippen LogP contribution is 2.11. The van der Waals surface area contributed by atoms with Gasteiger partial charge in [0.2, 0.25) is 5.91 Å². The smallest absolute Gasteiger partial charge is 0.224 e. The van der Waals surface area contributed by atoms with Crippen molar-refractivity contribution in [1.82, 2.24) is 5.32 Å². The van der Waals surface area contributed by atoms with E-state index in [0.717, 1.165) is 11.1 Å². The van der Waals surface area contributed by atoms with E-state index in [1.54, 1.807) is 18.2 Å². The standard InChI is InChI=1S/C15H15ClN2O/c16-13-7-5-11(6-8-13)10-18-15(19)9-12-3-1-2-4-14(12)17/h1-8H,9-10,17H2,(H,18,19). The Hall–Kier alpha value is -2.00. The zero-order valence-electron chi connectivity index (χ0n) is 10.4. The first-order valence-corrected chi connectivity index (χ1v) is 6.37. The number of halogens is 1. The molecule has 0 aliphatic carbocycles. The highest BCUT2D eigenvalue weighted by atomic mass is 35.5. The number of hydrogen-bond donors (Lipinski definition) is 2. The van der Waals surface area contributed by atoms with E-state index in [-0.39, 0.29) is 5.91 Å². The van der Waals surface area contributed by atoms with E-state index < -0.39 is 0 Å². The number of hydrogen-bond acceptors (Lipinski definition) is 2. The molecular formula is C15H15ClN2O. The van der Waals surface area contributed by atoms with Crippen LogP contribution in [-0.4, -0.2) is 5.91 Å². The van der Waals surface area contributed by atoms with Crippen LogP contribution in [0.5, 0.6) is 0 Å². The molecule has 0 aliphatic heterocycles. The highest BCUT2D eigenvalue weighted by molar-refractivity contribution is 6.30. The van der Waals surface area contributed by atoms with Gasteiger partial charge in [0.1, 0.15) is 0 Å². The average molecular weight is 275 g/mol. The van der Waals surface area contributed by atoms with Gasteiger partial charge in [-0.3, -0.25) is 4.79 Å². The van der Waals surface area contributed by atoms with Crippen LogP contribution in [0.15, 0.2) is 48.5 Å². The van der Waals surface area contributed by atoms with Crippen LogP contribution in [0.3, 0.4) is 0 Å². The van der Waals surface area contributed by atoms with Crippen molar-refractivity contribution < 1.29 is 4.79 Å². The first-order valence-electron chi connectivity index (χ1n) is 5.99. The normalized spacial score (nSPS) is 10.2. The molecule has 0 heterocycles. The first kappa shape index (κ1) is 13.4. The summed E-state index contributed by atoms with van der Waals surface area (Å²) in [5, 5.41) is 3.54. The summed E-state index contributed by atoms with van der Waals surface area (Å²) in [6.45, 7) is 0.489. The average Bonchev–Trinajstić information content (AvgIpc) is 2.41. The fraction of sp³-hybridized carbons (Fsp3) is 0.133. The fourth-order valence-corrected chi connectivity index (χ4v) is 1.86. The lowest BCUT2D eigenvalue weighted by Gasteiger charge is -2.07. The van der Waals surface area contributed by atoms with Crippen molar-refractivity contribution in [3.05, 3.63) is 64.7 Å². The van der Waals surface area contributed by atoms with Crippen LogP contribution in [0.2, 0.25) is 5.02 Å². The van der Waals surface area contributed by atoms with Gasteiger partial charge < -0.3 is 11.1 Å². The maximum absolute atomic E-state index is 11.8. The fourth-order valence-electron chi connectivity index (χ4n) is 1.73. The third-order valence-corrected chi connectivity index (χ3v) is 3.06. The summed E-state index contributed by atoms with van der Waals surface area (Å²) < 4.78 is 0. The number of rotatable bonds is 4. The van der Waals surface area contributed by atoms with Gasteiger partial charge in [-0.2, -0.15) is 0 Å². The summed E-state index contributed by atoms with van der Waals surface area (Å²) in [5.41, 5.74) is 8.30. The number of nitrogens with one attached hydrogen (secondary N) is 1. The number of carbonyl (C=O) groups excluding carboxylic acids is 1. The molecule has 0 bridgehead atoms. The molecule has 2 aromatic carbocycles. The molecule has 0 spiro atoms. The van der Waals surface area contributed by atoms with E-state index in [9.17, 15) is 4.79 Å². The quantitative estimate of drug-likeness (QED) is 0.843. The molecule has 3 N–H and O–H groups in total. The van der Waals surface area contributed by atoms with E-state index in [1.165, 1.54) is 0 Å². The summed E-state index contributed by atoms with van der Waals surface area (Å²) in [5.74, 6) is -0.0483. The summed E-state index contributed by atoms with van der Waals surface area (Å²) in [6, 6.07) is 14.8. The van der Waals surface area contributed by atoms with Crippen molar-refractivity contribution in [2.45, 2.75) is 13.0 Å². The van der Waals surface area contributed by atoms with E-state index >= 15 is 0 Å². The van der Waals surface area contributed by atoms with E-state index in [1.807, 2.05) is 30.3 Å². The number of anilines is 1. The number of amides is 1. The third kappa shape index (κ3) is 4.00. The predicted octanol–water partition coefficient (Wildman–Crippen LogP) is 2.78. The molecule has 2 aromatic rings. The number of para-hydroxylation sites is 1. The molecule has 0 radical (unpaired) electrons. The van der Waals surface area contributed by atoms with Gasteiger partial charge in [-0.15, -0.1) is 0 Å². The molecule has 2 rings (SSSR count). The predicted molar refractivity (Wildman–Crippen MR) is 77.9 cm³/mol. The van der Waals surface area contributed by atoms with Crippen LogP contribution in [0.25, 0.3) is 0 Å². The van der Waals surface area contributed by atoms with Crippen molar-refractivity contribution in [2.24, 2.45) is 0 Å². The monoisotopic (exact) mass is 274 g/mol. The van der Waals surface area contributed by atoms with Crippen molar-refractivity contribution in [1.29, 1.82) is 0 Å². The van der Waals surface area contributed by atoms with Crippen LogP contribution in [0.1, 0.15) is 11.1 Å². The van der Waals surface area contributed by atoms with Crippen LogP contribution < -0.4 is 11.1 Å². The van der Waals surface area contributed by atoms with Crippen LogP contribution in [0, 0.1) is 0 Å². The molecule has 3 nitrogen and oxygen atoms in total. The Morgan fingerprint density at radius 3 is 2.47 bits per heavy atom. The van der Waals surface area contributed by atoms with Crippen molar-refractivity contribution in [3.63, 3.8) is 0 Å². The first-order chi connectivity index (χ1) is 9.15. The Balaban J connectivity index is 1.88. The molecule has 0 aliphatic rings. The van der Waals surface area contributed by atoms with Gasteiger partial charge in [-0.1, -0.05) is 41.9 Å².